The number of H-pyrrole nitrogens is 1. The summed E-state index contributed by atoms with van der Waals surface area (Å²) in [7, 11) is 0. The van der Waals surface area contributed by atoms with Gasteiger partial charge in [-0.25, -0.2) is 8.78 Å². The molecular formula is C33H34F2N4O5. The number of carbonyl (C=O) groups excluding carboxylic acids is 2. The van der Waals surface area contributed by atoms with Crippen LogP contribution in [-0.4, -0.2) is 47.1 Å². The Labute approximate surface area is 253 Å². The number of ether oxygens (including phenoxy) is 2. The zero-order valence-corrected chi connectivity index (χ0v) is 24.2. The van der Waals surface area contributed by atoms with Gasteiger partial charge in [0.25, 0.3) is 17.8 Å². The van der Waals surface area contributed by atoms with Crippen LogP contribution in [0, 0.1) is 22.5 Å². The number of aromatic amines is 1. The molecule has 11 heteroatoms. The van der Waals surface area contributed by atoms with Crippen LogP contribution in [0.15, 0.2) is 53.7 Å². The van der Waals surface area contributed by atoms with Gasteiger partial charge >= 0.3 is 0 Å². The van der Waals surface area contributed by atoms with Crippen LogP contribution < -0.4 is 10.1 Å². The van der Waals surface area contributed by atoms with Crippen molar-refractivity contribution in [2.45, 2.75) is 69.4 Å². The van der Waals surface area contributed by atoms with Gasteiger partial charge in [0.05, 0.1) is 5.52 Å². The first-order valence-corrected chi connectivity index (χ1v) is 15.2. The number of nitrogens with zero attached hydrogens (tertiary/aromatic N) is 2. The Morgan fingerprint density at radius 1 is 1.05 bits per heavy atom. The molecule has 1 saturated carbocycles. The smallest absolute Gasteiger partial charge is 0.294 e. The molecule has 3 aromatic rings. The maximum absolute atomic E-state index is 15.7. The number of rotatable bonds is 7. The largest absolute Gasteiger partial charge is 0.461 e. The van der Waals surface area contributed by atoms with Crippen molar-refractivity contribution in [1.82, 2.24) is 15.3 Å². The Morgan fingerprint density at radius 2 is 1.84 bits per heavy atom. The maximum atomic E-state index is 15.7. The molecule has 1 aliphatic heterocycles. The zero-order valence-electron chi connectivity index (χ0n) is 24.2. The summed E-state index contributed by atoms with van der Waals surface area (Å²) in [6, 6.07) is 8.76. The maximum Gasteiger partial charge on any atom is 0.294 e. The van der Waals surface area contributed by atoms with Crippen molar-refractivity contribution < 1.29 is 27.8 Å². The number of imidazole rings is 1. The van der Waals surface area contributed by atoms with Crippen molar-refractivity contribution in [1.29, 1.82) is 0 Å². The van der Waals surface area contributed by atoms with E-state index in [9.17, 15) is 14.5 Å². The number of nitroso groups, excluding NO2 is 1. The van der Waals surface area contributed by atoms with E-state index in [0.717, 1.165) is 37.0 Å². The van der Waals surface area contributed by atoms with Crippen molar-refractivity contribution in [3.05, 3.63) is 81.8 Å². The lowest BCUT2D eigenvalue weighted by Crippen LogP contribution is -2.34. The molecule has 2 aliphatic carbocycles. The van der Waals surface area contributed by atoms with Gasteiger partial charge in [0, 0.05) is 53.5 Å². The summed E-state index contributed by atoms with van der Waals surface area (Å²) in [5.74, 6) is -3.08. The molecule has 2 atom stereocenters. The third-order valence-electron chi connectivity index (χ3n) is 8.81. The van der Waals surface area contributed by atoms with E-state index in [4.69, 9.17) is 9.47 Å². The number of hydrogen-bond donors (Lipinski definition) is 2. The molecule has 44 heavy (non-hydrogen) atoms. The molecule has 230 valence electrons. The van der Waals surface area contributed by atoms with Crippen molar-refractivity contribution in [3.8, 4) is 6.01 Å². The summed E-state index contributed by atoms with van der Waals surface area (Å²) in [6.45, 7) is 1.38. The van der Waals surface area contributed by atoms with Crippen molar-refractivity contribution in [2.75, 3.05) is 13.2 Å². The minimum absolute atomic E-state index is 0.00108. The van der Waals surface area contributed by atoms with E-state index in [1.54, 1.807) is 18.2 Å². The Balaban J connectivity index is 1.10. The van der Waals surface area contributed by atoms with Gasteiger partial charge in [-0.15, -0.1) is 4.91 Å². The average molecular weight is 605 g/mol. The van der Waals surface area contributed by atoms with E-state index in [-0.39, 0.29) is 40.7 Å². The molecule has 1 saturated heterocycles. The molecule has 0 radical (unpaired) electrons. The summed E-state index contributed by atoms with van der Waals surface area (Å²) in [6.07, 6.45) is 10.3. The van der Waals surface area contributed by atoms with Crippen LogP contribution in [0.5, 0.6) is 6.01 Å². The third-order valence-corrected chi connectivity index (χ3v) is 8.81. The number of amides is 2. The standard InChI is InChI=1S/C33H34F2N4O5/c34-26-18-27-30(38-33(37-27)44-25-13-11-23(12-14-25)32(41)39-42)29(35)28(26)21-7-3-19(4-8-21)20-5-9-22(10-6-20)31(40)36-24-2-1-16-43-17-15-24/h3-7,9-10,18,21,23-25H,1-2,8,11-17H2,(H,36,40)(H,37,38). The molecule has 2 unspecified atom stereocenters. The van der Waals surface area contributed by atoms with Crippen LogP contribution >= 0.6 is 0 Å². The third kappa shape index (κ3) is 6.47. The summed E-state index contributed by atoms with van der Waals surface area (Å²) < 4.78 is 42.2. The van der Waals surface area contributed by atoms with Gasteiger partial charge in [0.1, 0.15) is 17.4 Å². The number of fused-ring (bicyclic) bond motifs is 1. The van der Waals surface area contributed by atoms with Gasteiger partial charge in [-0.2, -0.15) is 4.98 Å². The van der Waals surface area contributed by atoms with Crippen LogP contribution in [0.1, 0.15) is 78.8 Å². The fourth-order valence-corrected chi connectivity index (χ4v) is 6.31. The highest BCUT2D eigenvalue weighted by Crippen LogP contribution is 2.37. The molecule has 6 rings (SSSR count). The number of benzene rings is 2. The van der Waals surface area contributed by atoms with E-state index in [1.807, 2.05) is 24.3 Å². The lowest BCUT2D eigenvalue weighted by atomic mass is 9.87. The van der Waals surface area contributed by atoms with E-state index in [0.29, 0.717) is 44.3 Å². The fraction of sp³-hybridized carbons (Fsp3) is 0.424. The number of nitrogens with one attached hydrogen (secondary N) is 2. The summed E-state index contributed by atoms with van der Waals surface area (Å²) >= 11 is 0. The van der Waals surface area contributed by atoms with Gasteiger partial charge in [-0.3, -0.25) is 9.59 Å². The first kappa shape index (κ1) is 29.8. The summed E-state index contributed by atoms with van der Waals surface area (Å²) in [5.41, 5.74) is 2.53. The van der Waals surface area contributed by atoms with Gasteiger partial charge in [0.15, 0.2) is 5.82 Å². The highest BCUT2D eigenvalue weighted by atomic mass is 19.1. The van der Waals surface area contributed by atoms with Gasteiger partial charge in [-0.1, -0.05) is 30.4 Å². The van der Waals surface area contributed by atoms with Crippen molar-refractivity contribution in [3.63, 3.8) is 0 Å². The summed E-state index contributed by atoms with van der Waals surface area (Å²) in [4.78, 5) is 41.9. The second-order valence-electron chi connectivity index (χ2n) is 11.7. The molecule has 2 fully saturated rings. The van der Waals surface area contributed by atoms with Crippen LogP contribution in [0.4, 0.5) is 8.78 Å². The molecule has 1 aromatic heterocycles. The highest BCUT2D eigenvalue weighted by molar-refractivity contribution is 5.95. The SMILES string of the molecule is O=NC(=O)C1CCC(Oc2nc3c(F)c(C4C=CC(c5ccc(C(=O)NC6CCCOCC6)cc5)=CC4)c(F)cc3[nH]2)CC1. The summed E-state index contributed by atoms with van der Waals surface area (Å²) in [5, 5.41) is 5.60. The fourth-order valence-electron chi connectivity index (χ4n) is 6.31. The molecule has 3 aliphatic rings. The zero-order chi connectivity index (χ0) is 30.6. The van der Waals surface area contributed by atoms with E-state index >= 15 is 8.78 Å². The predicted molar refractivity (Wildman–Crippen MR) is 160 cm³/mol. The first-order chi connectivity index (χ1) is 21.4. The lowest BCUT2D eigenvalue weighted by molar-refractivity contribution is -0.123. The lowest BCUT2D eigenvalue weighted by Gasteiger charge is -2.25. The quantitative estimate of drug-likeness (QED) is 0.297. The van der Waals surface area contributed by atoms with Crippen molar-refractivity contribution in [2.24, 2.45) is 11.1 Å². The van der Waals surface area contributed by atoms with Crippen LogP contribution in [0.25, 0.3) is 16.6 Å². The Morgan fingerprint density at radius 3 is 2.57 bits per heavy atom. The van der Waals surface area contributed by atoms with Crippen LogP contribution in [-0.2, 0) is 9.53 Å². The Kier molecular flexibility index (Phi) is 8.92. The normalized spacial score (nSPS) is 23.9. The monoisotopic (exact) mass is 604 g/mol. The van der Waals surface area contributed by atoms with Gasteiger partial charge in [-0.05, 0) is 74.6 Å². The number of aromatic nitrogens is 2. The predicted octanol–water partition coefficient (Wildman–Crippen LogP) is 6.50. The second kappa shape index (κ2) is 13.2. The number of halogens is 2. The average Bonchev–Trinajstić information content (AvgIpc) is 3.26. The van der Waals surface area contributed by atoms with E-state index in [1.165, 1.54) is 6.07 Å². The Hall–Kier alpha value is -4.25. The molecule has 0 spiro atoms. The highest BCUT2D eigenvalue weighted by Gasteiger charge is 2.29. The van der Waals surface area contributed by atoms with E-state index < -0.39 is 29.4 Å². The first-order valence-electron chi connectivity index (χ1n) is 15.2. The molecule has 2 heterocycles. The van der Waals surface area contributed by atoms with Crippen LogP contribution in [0.3, 0.4) is 0 Å². The Bertz CT molecular complexity index is 1600. The minimum atomic E-state index is -0.737. The van der Waals surface area contributed by atoms with Crippen molar-refractivity contribution >= 4 is 28.4 Å². The molecule has 2 amide bonds. The minimum Gasteiger partial charge on any atom is -0.461 e. The molecule has 2 aromatic carbocycles. The number of allylic oxidation sites excluding steroid dienone is 4. The molecule has 0 bridgehead atoms. The molecular weight excluding hydrogens is 570 g/mol. The second-order valence-corrected chi connectivity index (χ2v) is 11.7. The number of hydrogen-bond acceptors (Lipinski definition) is 6. The molecule has 9 nitrogen and oxygen atoms in total. The number of carbonyl (C=O) groups is 2. The van der Waals surface area contributed by atoms with Gasteiger partial charge < -0.3 is 19.8 Å². The van der Waals surface area contributed by atoms with E-state index in [2.05, 4.69) is 20.5 Å². The van der Waals surface area contributed by atoms with Gasteiger partial charge in [0.2, 0.25) is 0 Å². The topological polar surface area (TPSA) is 123 Å². The van der Waals surface area contributed by atoms with Crippen LogP contribution in [0.2, 0.25) is 0 Å². The molecule has 2 N–H and O–H groups in total.